The van der Waals surface area contributed by atoms with E-state index < -0.39 is 17.7 Å². The molecule has 1 aliphatic rings. The number of nitrogens with zero attached hydrogens (tertiary/aromatic N) is 2. The monoisotopic (exact) mass is 406 g/mol. The summed E-state index contributed by atoms with van der Waals surface area (Å²) in [6, 6.07) is 6.75. The lowest BCUT2D eigenvalue weighted by molar-refractivity contribution is -0.145. The highest BCUT2D eigenvalue weighted by molar-refractivity contribution is 8.04. The van der Waals surface area contributed by atoms with E-state index in [1.807, 2.05) is 0 Å². The van der Waals surface area contributed by atoms with Crippen LogP contribution in [-0.2, 0) is 30.4 Å². The number of thioether (sulfide) groups is 1. The Morgan fingerprint density at radius 2 is 2.04 bits per heavy atom. The molecule has 9 nitrogen and oxygen atoms in total. The number of rotatable bonds is 7. The van der Waals surface area contributed by atoms with E-state index in [9.17, 15) is 19.2 Å². The van der Waals surface area contributed by atoms with Crippen molar-refractivity contribution >= 4 is 40.7 Å². The number of amides is 1. The normalized spacial score (nSPS) is 15.4. The number of oxazole rings is 1. The quantitative estimate of drug-likeness (QED) is 0.497. The number of esters is 2. The summed E-state index contributed by atoms with van der Waals surface area (Å²) < 4.78 is 16.2. The number of fused-ring (bicyclic) bond motifs is 1. The fraction of sp³-hybridized carbons (Fsp3) is 0.333. The molecule has 0 radical (unpaired) electrons. The van der Waals surface area contributed by atoms with Gasteiger partial charge in [0.25, 0.3) is 0 Å². The van der Waals surface area contributed by atoms with Gasteiger partial charge in [0.05, 0.1) is 35.5 Å². The third-order valence-electron chi connectivity index (χ3n) is 3.88. The Bertz CT molecular complexity index is 991. The Hall–Kier alpha value is -3.01. The number of benzene rings is 1. The zero-order chi connectivity index (χ0) is 20.1. The van der Waals surface area contributed by atoms with Crippen LogP contribution in [0.3, 0.4) is 0 Å². The van der Waals surface area contributed by atoms with Crippen molar-refractivity contribution in [1.29, 1.82) is 0 Å². The number of ether oxygens (including phenoxy) is 2. The number of hydrogen-bond donors (Lipinski definition) is 0. The van der Waals surface area contributed by atoms with Crippen LogP contribution in [0.5, 0.6) is 0 Å². The molecule has 2 heterocycles. The highest BCUT2D eigenvalue weighted by Gasteiger charge is 2.27. The van der Waals surface area contributed by atoms with Gasteiger partial charge in [0.2, 0.25) is 5.91 Å². The molecule has 0 unspecified atom stereocenters. The maximum Gasteiger partial charge on any atom is 0.420 e. The van der Waals surface area contributed by atoms with Gasteiger partial charge < -0.3 is 18.8 Å². The average Bonchev–Trinajstić information content (AvgIpc) is 3.16. The lowest BCUT2D eigenvalue weighted by atomic mass is 10.3. The first-order valence-electron chi connectivity index (χ1n) is 8.55. The van der Waals surface area contributed by atoms with E-state index in [4.69, 9.17) is 13.9 Å². The van der Waals surface area contributed by atoms with Gasteiger partial charge in [-0.25, -0.2) is 9.59 Å². The average molecular weight is 406 g/mol. The van der Waals surface area contributed by atoms with E-state index in [0.717, 1.165) is 0 Å². The molecule has 1 aliphatic heterocycles. The lowest BCUT2D eigenvalue weighted by Crippen LogP contribution is -2.30. The molecule has 3 rings (SSSR count). The first-order valence-corrected chi connectivity index (χ1v) is 9.53. The van der Waals surface area contributed by atoms with Crippen molar-refractivity contribution in [3.8, 4) is 0 Å². The number of carbonyl (C=O) groups excluding carboxylic acids is 3. The van der Waals surface area contributed by atoms with Crippen LogP contribution < -0.4 is 5.76 Å². The molecule has 0 aliphatic carbocycles. The SMILES string of the molecule is CCOC(=O)/C=C1\SCC(=O)N1CCOC(=O)Cn1c(=O)oc2ccccc21. The van der Waals surface area contributed by atoms with Crippen LogP contribution in [0.4, 0.5) is 0 Å². The first-order chi connectivity index (χ1) is 13.5. The molecule has 0 atom stereocenters. The molecule has 2 aromatic rings. The summed E-state index contributed by atoms with van der Waals surface area (Å²) in [6.45, 7) is 1.65. The Morgan fingerprint density at radius 3 is 2.82 bits per heavy atom. The van der Waals surface area contributed by atoms with E-state index >= 15 is 0 Å². The zero-order valence-corrected chi connectivity index (χ0v) is 15.9. The van der Waals surface area contributed by atoms with E-state index in [1.165, 1.54) is 27.3 Å². The predicted molar refractivity (Wildman–Crippen MR) is 100 cm³/mol. The molecule has 28 heavy (non-hydrogen) atoms. The van der Waals surface area contributed by atoms with Crippen molar-refractivity contribution in [2.24, 2.45) is 0 Å². The predicted octanol–water partition coefficient (Wildman–Crippen LogP) is 1.12. The van der Waals surface area contributed by atoms with E-state index in [1.54, 1.807) is 31.2 Å². The van der Waals surface area contributed by atoms with Gasteiger partial charge in [0.15, 0.2) is 5.58 Å². The maximum atomic E-state index is 12.1. The van der Waals surface area contributed by atoms with Crippen molar-refractivity contribution in [3.63, 3.8) is 0 Å². The molecule has 0 bridgehead atoms. The van der Waals surface area contributed by atoms with Crippen LogP contribution in [0, 0.1) is 0 Å². The van der Waals surface area contributed by atoms with Crippen LogP contribution >= 0.6 is 11.8 Å². The second-order valence-electron chi connectivity index (χ2n) is 5.71. The summed E-state index contributed by atoms with van der Waals surface area (Å²) in [5.74, 6) is -1.80. The molecule has 10 heteroatoms. The maximum absolute atomic E-state index is 12.1. The number of carbonyl (C=O) groups is 3. The summed E-state index contributed by atoms with van der Waals surface area (Å²) >= 11 is 1.22. The highest BCUT2D eigenvalue weighted by Crippen LogP contribution is 2.28. The largest absolute Gasteiger partial charge is 0.463 e. The van der Waals surface area contributed by atoms with Gasteiger partial charge in [-0.15, -0.1) is 0 Å². The Kier molecular flexibility index (Phi) is 6.19. The third-order valence-corrected chi connectivity index (χ3v) is 4.90. The minimum Gasteiger partial charge on any atom is -0.463 e. The van der Waals surface area contributed by atoms with E-state index in [-0.39, 0.29) is 38.0 Å². The molecule has 1 amide bonds. The summed E-state index contributed by atoms with van der Waals surface area (Å²) in [5.41, 5.74) is 0.879. The van der Waals surface area contributed by atoms with Crippen LogP contribution in [0.2, 0.25) is 0 Å². The standard InChI is InChI=1S/C18H18N2O7S/c1-2-25-16(22)9-15-19(14(21)11-28-15)7-8-26-17(23)10-20-12-5-3-4-6-13(12)27-18(20)24/h3-6,9H,2,7-8,10-11H2,1H3/b15-9-. The van der Waals surface area contributed by atoms with E-state index in [0.29, 0.717) is 16.1 Å². The van der Waals surface area contributed by atoms with Crippen molar-refractivity contribution in [1.82, 2.24) is 9.47 Å². The second kappa shape index (κ2) is 8.79. The van der Waals surface area contributed by atoms with Crippen molar-refractivity contribution in [2.75, 3.05) is 25.5 Å². The van der Waals surface area contributed by atoms with Gasteiger partial charge in [-0.2, -0.15) is 0 Å². The van der Waals surface area contributed by atoms with Crippen molar-refractivity contribution < 1.29 is 28.3 Å². The zero-order valence-electron chi connectivity index (χ0n) is 15.1. The van der Waals surface area contributed by atoms with Crippen molar-refractivity contribution in [3.05, 3.63) is 45.9 Å². The lowest BCUT2D eigenvalue weighted by Gasteiger charge is -2.16. The van der Waals surface area contributed by atoms with Crippen molar-refractivity contribution in [2.45, 2.75) is 13.5 Å². The minimum atomic E-state index is -0.649. The van der Waals surface area contributed by atoms with Gasteiger partial charge in [-0.3, -0.25) is 14.2 Å². The first kappa shape index (κ1) is 19.7. The fourth-order valence-electron chi connectivity index (χ4n) is 2.64. The summed E-state index contributed by atoms with van der Waals surface area (Å²) in [7, 11) is 0. The summed E-state index contributed by atoms with van der Waals surface area (Å²) in [6.07, 6.45) is 1.25. The molecular formula is C18H18N2O7S. The second-order valence-corrected chi connectivity index (χ2v) is 6.71. The number of para-hydroxylation sites is 2. The van der Waals surface area contributed by atoms with E-state index in [2.05, 4.69) is 0 Å². The van der Waals surface area contributed by atoms with Crippen LogP contribution in [0.25, 0.3) is 11.1 Å². The molecule has 0 N–H and O–H groups in total. The molecule has 1 fully saturated rings. The van der Waals surface area contributed by atoms with Gasteiger partial charge in [-0.1, -0.05) is 23.9 Å². The van der Waals surface area contributed by atoms with Gasteiger partial charge in [0, 0.05) is 0 Å². The number of aromatic nitrogens is 1. The van der Waals surface area contributed by atoms with Gasteiger partial charge >= 0.3 is 17.7 Å². The van der Waals surface area contributed by atoms with Crippen LogP contribution in [0.15, 0.2) is 44.6 Å². The Balaban J connectivity index is 1.57. The molecule has 1 aromatic heterocycles. The highest BCUT2D eigenvalue weighted by atomic mass is 32.2. The third kappa shape index (κ3) is 4.45. The number of hydrogen-bond acceptors (Lipinski definition) is 8. The molecule has 1 aromatic carbocycles. The molecule has 148 valence electrons. The fourth-order valence-corrected chi connectivity index (χ4v) is 3.60. The molecule has 1 saturated heterocycles. The summed E-state index contributed by atoms with van der Waals surface area (Å²) in [5, 5.41) is 0.455. The van der Waals surface area contributed by atoms with Crippen LogP contribution in [-0.4, -0.2) is 52.8 Å². The Labute approximate surface area is 163 Å². The van der Waals surface area contributed by atoms with Gasteiger partial charge in [-0.05, 0) is 19.1 Å². The summed E-state index contributed by atoms with van der Waals surface area (Å²) in [4.78, 5) is 48.9. The Morgan fingerprint density at radius 1 is 1.25 bits per heavy atom. The van der Waals surface area contributed by atoms with Gasteiger partial charge in [0.1, 0.15) is 13.2 Å². The minimum absolute atomic E-state index is 0.0736. The molecule has 0 spiro atoms. The molecular weight excluding hydrogens is 388 g/mol. The molecule has 0 saturated carbocycles. The smallest absolute Gasteiger partial charge is 0.420 e. The topological polar surface area (TPSA) is 108 Å². The van der Waals surface area contributed by atoms with Crippen LogP contribution in [0.1, 0.15) is 6.92 Å².